The molecule has 0 spiro atoms. The van der Waals surface area contributed by atoms with E-state index in [-0.39, 0.29) is 37.2 Å². The quantitative estimate of drug-likeness (QED) is 0.586. The van der Waals surface area contributed by atoms with E-state index in [0.717, 1.165) is 16.1 Å². The average molecular weight is 358 g/mol. The van der Waals surface area contributed by atoms with E-state index in [1.54, 1.807) is 41.1 Å². The van der Waals surface area contributed by atoms with Crippen LogP contribution in [0.4, 0.5) is 0 Å². The highest BCUT2D eigenvalue weighted by atomic mass is 32.1. The van der Waals surface area contributed by atoms with Gasteiger partial charge < -0.3 is 4.74 Å². The van der Waals surface area contributed by atoms with Crippen molar-refractivity contribution in [3.05, 3.63) is 51.5 Å². The molecule has 25 heavy (non-hydrogen) atoms. The van der Waals surface area contributed by atoms with Crippen molar-refractivity contribution in [2.24, 2.45) is 0 Å². The third-order valence-corrected chi connectivity index (χ3v) is 5.09. The van der Waals surface area contributed by atoms with Crippen LogP contribution in [0, 0.1) is 6.92 Å². The van der Waals surface area contributed by atoms with Gasteiger partial charge in [-0.2, -0.15) is 0 Å². The van der Waals surface area contributed by atoms with E-state index < -0.39 is 0 Å². The van der Waals surface area contributed by atoms with Crippen LogP contribution in [0.3, 0.4) is 0 Å². The molecular formula is C18H18N2O4S. The Hall–Kier alpha value is -2.54. The summed E-state index contributed by atoms with van der Waals surface area (Å²) in [5, 5.41) is 0. The average Bonchev–Trinajstić information content (AvgIpc) is 3.15. The monoisotopic (exact) mass is 358 g/mol. The Morgan fingerprint density at radius 1 is 1.20 bits per heavy atom. The Morgan fingerprint density at radius 3 is 2.48 bits per heavy atom. The second-order valence-electron chi connectivity index (χ2n) is 5.82. The zero-order chi connectivity index (χ0) is 17.8. The minimum Gasteiger partial charge on any atom is -0.462 e. The van der Waals surface area contributed by atoms with Gasteiger partial charge in [0.2, 0.25) is 11.8 Å². The lowest BCUT2D eigenvalue weighted by molar-refractivity contribution is -0.139. The Morgan fingerprint density at radius 2 is 1.88 bits per heavy atom. The molecule has 0 aliphatic carbocycles. The van der Waals surface area contributed by atoms with Crippen LogP contribution >= 0.6 is 11.3 Å². The van der Waals surface area contributed by atoms with Gasteiger partial charge in [-0.1, -0.05) is 12.1 Å². The molecule has 1 fully saturated rings. The lowest BCUT2D eigenvalue weighted by Crippen LogP contribution is -2.28. The van der Waals surface area contributed by atoms with Gasteiger partial charge in [0.15, 0.2) is 0 Å². The van der Waals surface area contributed by atoms with E-state index in [1.165, 1.54) is 4.90 Å². The first-order valence-electron chi connectivity index (χ1n) is 8.03. The SMILES string of the molecule is Cc1ncsc1CCOC(=O)c1ccc(CN2C(=O)CCC2=O)cc1. The summed E-state index contributed by atoms with van der Waals surface area (Å²) in [6.45, 7) is 2.49. The normalized spacial score (nSPS) is 14.2. The maximum Gasteiger partial charge on any atom is 0.338 e. The van der Waals surface area contributed by atoms with Crippen LogP contribution in [0.2, 0.25) is 0 Å². The van der Waals surface area contributed by atoms with Crippen LogP contribution in [-0.4, -0.2) is 34.3 Å². The number of aryl methyl sites for hydroxylation is 1. The van der Waals surface area contributed by atoms with Crippen LogP contribution in [-0.2, 0) is 27.3 Å². The van der Waals surface area contributed by atoms with Crippen LogP contribution in [0.1, 0.15) is 39.3 Å². The zero-order valence-electron chi connectivity index (χ0n) is 13.9. The van der Waals surface area contributed by atoms with E-state index in [1.807, 2.05) is 6.92 Å². The molecule has 1 aromatic heterocycles. The number of carbonyl (C=O) groups is 3. The zero-order valence-corrected chi connectivity index (χ0v) is 14.7. The molecule has 2 heterocycles. The van der Waals surface area contributed by atoms with Crippen molar-refractivity contribution in [2.75, 3.05) is 6.61 Å². The van der Waals surface area contributed by atoms with E-state index in [4.69, 9.17) is 4.74 Å². The number of carbonyl (C=O) groups excluding carboxylic acids is 3. The summed E-state index contributed by atoms with van der Waals surface area (Å²) >= 11 is 1.55. The molecule has 0 unspecified atom stereocenters. The first kappa shape index (κ1) is 17.3. The van der Waals surface area contributed by atoms with Crippen LogP contribution in [0.25, 0.3) is 0 Å². The Bertz CT molecular complexity index is 782. The molecule has 1 aromatic carbocycles. The molecule has 0 atom stereocenters. The number of aromatic nitrogens is 1. The molecule has 1 aliphatic heterocycles. The van der Waals surface area contributed by atoms with Gasteiger partial charge >= 0.3 is 5.97 Å². The number of esters is 1. The first-order chi connectivity index (χ1) is 12.0. The van der Waals surface area contributed by atoms with Gasteiger partial charge in [0.05, 0.1) is 29.9 Å². The number of hydrogen-bond acceptors (Lipinski definition) is 6. The second-order valence-corrected chi connectivity index (χ2v) is 6.76. The topological polar surface area (TPSA) is 76.6 Å². The third kappa shape index (κ3) is 4.11. The van der Waals surface area contributed by atoms with Crippen LogP contribution in [0.5, 0.6) is 0 Å². The standard InChI is InChI=1S/C18H18N2O4S/c1-12-15(25-11-19-12)8-9-24-18(23)14-4-2-13(3-5-14)10-20-16(21)6-7-17(20)22/h2-5,11H,6-10H2,1H3. The van der Waals surface area contributed by atoms with Crippen molar-refractivity contribution in [2.45, 2.75) is 32.7 Å². The van der Waals surface area contributed by atoms with Crippen LogP contribution in [0.15, 0.2) is 29.8 Å². The summed E-state index contributed by atoms with van der Waals surface area (Å²) in [6.07, 6.45) is 1.21. The summed E-state index contributed by atoms with van der Waals surface area (Å²) < 4.78 is 5.29. The fourth-order valence-electron chi connectivity index (χ4n) is 2.61. The lowest BCUT2D eigenvalue weighted by Gasteiger charge is -2.13. The molecule has 6 nitrogen and oxygen atoms in total. The molecular weight excluding hydrogens is 340 g/mol. The molecule has 2 amide bonds. The van der Waals surface area contributed by atoms with Crippen molar-refractivity contribution in [3.8, 4) is 0 Å². The van der Waals surface area contributed by atoms with Crippen molar-refractivity contribution in [1.29, 1.82) is 0 Å². The van der Waals surface area contributed by atoms with Gasteiger partial charge in [0.25, 0.3) is 0 Å². The molecule has 0 bridgehead atoms. The molecule has 0 saturated carbocycles. The molecule has 7 heteroatoms. The molecule has 3 rings (SSSR count). The van der Waals surface area contributed by atoms with E-state index >= 15 is 0 Å². The predicted molar refractivity (Wildman–Crippen MR) is 92.1 cm³/mol. The number of rotatable bonds is 6. The molecule has 2 aromatic rings. The minimum absolute atomic E-state index is 0.146. The molecule has 0 radical (unpaired) electrons. The number of hydrogen-bond donors (Lipinski definition) is 0. The largest absolute Gasteiger partial charge is 0.462 e. The van der Waals surface area contributed by atoms with Crippen molar-refractivity contribution in [3.63, 3.8) is 0 Å². The summed E-state index contributed by atoms with van der Waals surface area (Å²) in [7, 11) is 0. The van der Waals surface area contributed by atoms with Gasteiger partial charge in [0.1, 0.15) is 0 Å². The van der Waals surface area contributed by atoms with Gasteiger partial charge in [-0.05, 0) is 24.6 Å². The molecule has 130 valence electrons. The van der Waals surface area contributed by atoms with E-state index in [0.29, 0.717) is 18.6 Å². The first-order valence-corrected chi connectivity index (χ1v) is 8.91. The van der Waals surface area contributed by atoms with Gasteiger partial charge in [0, 0.05) is 24.1 Å². The number of likely N-dealkylation sites (tertiary alicyclic amines) is 1. The summed E-state index contributed by atoms with van der Waals surface area (Å²) in [5.41, 5.74) is 4.00. The number of thiazole rings is 1. The van der Waals surface area contributed by atoms with E-state index in [9.17, 15) is 14.4 Å². The fourth-order valence-corrected chi connectivity index (χ4v) is 3.38. The fraction of sp³-hybridized carbons (Fsp3) is 0.333. The number of amides is 2. The smallest absolute Gasteiger partial charge is 0.338 e. The Labute approximate surface area is 149 Å². The van der Waals surface area contributed by atoms with Crippen LogP contribution < -0.4 is 0 Å². The summed E-state index contributed by atoms with van der Waals surface area (Å²) in [5.74, 6) is -0.680. The minimum atomic E-state index is -0.387. The lowest BCUT2D eigenvalue weighted by atomic mass is 10.1. The second kappa shape index (κ2) is 7.57. The highest BCUT2D eigenvalue weighted by molar-refractivity contribution is 7.09. The third-order valence-electron chi connectivity index (χ3n) is 4.09. The summed E-state index contributed by atoms with van der Waals surface area (Å²) in [6, 6.07) is 6.78. The number of ether oxygens (including phenoxy) is 1. The van der Waals surface area contributed by atoms with Crippen molar-refractivity contribution in [1.82, 2.24) is 9.88 Å². The summed E-state index contributed by atoms with van der Waals surface area (Å²) in [4.78, 5) is 41.9. The van der Waals surface area contributed by atoms with Crippen molar-refractivity contribution >= 4 is 29.1 Å². The predicted octanol–water partition coefficient (Wildman–Crippen LogP) is 2.50. The van der Waals surface area contributed by atoms with E-state index in [2.05, 4.69) is 4.98 Å². The molecule has 0 N–H and O–H groups in total. The highest BCUT2D eigenvalue weighted by Crippen LogP contribution is 2.17. The van der Waals surface area contributed by atoms with Crippen molar-refractivity contribution < 1.29 is 19.1 Å². The highest BCUT2D eigenvalue weighted by Gasteiger charge is 2.28. The maximum atomic E-state index is 12.1. The maximum absolute atomic E-state index is 12.1. The molecule has 1 saturated heterocycles. The molecule has 1 aliphatic rings. The number of benzene rings is 1. The van der Waals surface area contributed by atoms with Gasteiger partial charge in [-0.15, -0.1) is 11.3 Å². The number of imide groups is 1. The van der Waals surface area contributed by atoms with Gasteiger partial charge in [-0.3, -0.25) is 14.5 Å². The number of nitrogens with zero attached hydrogens (tertiary/aromatic N) is 2. The Kier molecular flexibility index (Phi) is 5.23. The Balaban J connectivity index is 1.53. The van der Waals surface area contributed by atoms with Gasteiger partial charge in [-0.25, -0.2) is 9.78 Å².